The van der Waals surface area contributed by atoms with Crippen LogP contribution in [-0.2, 0) is 4.79 Å². The zero-order valence-corrected chi connectivity index (χ0v) is 8.46. The van der Waals surface area contributed by atoms with Gasteiger partial charge < -0.3 is 17.8 Å². The molecule has 15 heavy (non-hydrogen) atoms. The molecule has 1 aliphatic carbocycles. The first-order chi connectivity index (χ1) is 6.97. The molecule has 1 heterocycles. The molecule has 1 amide bonds. The topological polar surface area (TPSA) is 20.3 Å². The van der Waals surface area contributed by atoms with Gasteiger partial charge in [-0.05, 0) is 25.2 Å². The van der Waals surface area contributed by atoms with Gasteiger partial charge in [0.05, 0.1) is 0 Å². The quantitative estimate of drug-likeness (QED) is 0.653. The lowest BCUT2D eigenvalue weighted by molar-refractivity contribution is -0.128. The van der Waals surface area contributed by atoms with E-state index in [1.807, 2.05) is 0 Å². The van der Waals surface area contributed by atoms with Crippen LogP contribution in [0.25, 0.3) is 0 Å². The molecule has 1 saturated carbocycles. The molecule has 2 unspecified atom stereocenters. The van der Waals surface area contributed by atoms with E-state index in [1.54, 1.807) is 0 Å². The molecule has 6 heteroatoms. The Kier molecular flexibility index (Phi) is 2.69. The SMILES string of the molecule is O=C1CC2CCCCC2N1C[B-](F)(F)F. The van der Waals surface area contributed by atoms with Crippen LogP contribution in [-0.4, -0.2) is 30.3 Å². The summed E-state index contributed by atoms with van der Waals surface area (Å²) < 4.78 is 36.9. The Hall–Kier alpha value is -0.675. The van der Waals surface area contributed by atoms with Crippen molar-refractivity contribution in [3.05, 3.63) is 0 Å². The van der Waals surface area contributed by atoms with Crippen molar-refractivity contribution in [2.45, 2.75) is 38.1 Å². The van der Waals surface area contributed by atoms with Crippen LogP contribution in [0.3, 0.4) is 0 Å². The number of hydrogen-bond acceptors (Lipinski definition) is 1. The second-order valence-electron chi connectivity index (χ2n) is 4.57. The van der Waals surface area contributed by atoms with Crippen LogP contribution in [0, 0.1) is 5.92 Å². The fraction of sp³-hybridized carbons (Fsp3) is 0.889. The van der Waals surface area contributed by atoms with Crippen LogP contribution in [0.2, 0.25) is 0 Å². The van der Waals surface area contributed by atoms with Crippen LogP contribution in [0.1, 0.15) is 32.1 Å². The van der Waals surface area contributed by atoms with Gasteiger partial charge in [-0.15, -0.1) is 0 Å². The van der Waals surface area contributed by atoms with E-state index in [9.17, 15) is 17.7 Å². The van der Waals surface area contributed by atoms with E-state index in [0.717, 1.165) is 30.6 Å². The maximum atomic E-state index is 12.3. The minimum atomic E-state index is -4.88. The number of carbonyl (C=O) groups excluding carboxylic acids is 1. The number of hydrogen-bond donors (Lipinski definition) is 0. The van der Waals surface area contributed by atoms with Gasteiger partial charge in [0.2, 0.25) is 5.91 Å². The molecule has 0 aromatic rings. The number of nitrogens with zero attached hydrogens (tertiary/aromatic N) is 1. The summed E-state index contributed by atoms with van der Waals surface area (Å²) in [5, 5.41) is 0. The Morgan fingerprint density at radius 3 is 2.60 bits per heavy atom. The van der Waals surface area contributed by atoms with Gasteiger partial charge in [0, 0.05) is 12.5 Å². The van der Waals surface area contributed by atoms with Crippen LogP contribution in [0.5, 0.6) is 0 Å². The Morgan fingerprint density at radius 1 is 1.27 bits per heavy atom. The van der Waals surface area contributed by atoms with Gasteiger partial charge in [-0.2, -0.15) is 0 Å². The van der Waals surface area contributed by atoms with E-state index < -0.39 is 13.4 Å². The number of fused-ring (bicyclic) bond motifs is 1. The minimum Gasteiger partial charge on any atom is -0.448 e. The monoisotopic (exact) mass is 220 g/mol. The van der Waals surface area contributed by atoms with E-state index in [4.69, 9.17) is 0 Å². The lowest BCUT2D eigenvalue weighted by Crippen LogP contribution is -2.45. The van der Waals surface area contributed by atoms with Crippen molar-refractivity contribution in [1.82, 2.24) is 4.90 Å². The fourth-order valence-electron chi connectivity index (χ4n) is 2.82. The van der Waals surface area contributed by atoms with Crippen LogP contribution >= 0.6 is 0 Å². The standard InChI is InChI=1S/C9H14BF3NO/c11-10(12,13)6-14-8-4-2-1-3-7(8)5-9(14)15/h7-8H,1-6H2/q-1. The van der Waals surface area contributed by atoms with Crippen molar-refractivity contribution in [3.8, 4) is 0 Å². The molecule has 0 spiro atoms. The molecular weight excluding hydrogens is 206 g/mol. The molecule has 0 bridgehead atoms. The third kappa shape index (κ3) is 2.29. The Balaban J connectivity index is 2.06. The third-order valence-electron chi connectivity index (χ3n) is 3.43. The highest BCUT2D eigenvalue weighted by Gasteiger charge is 2.43. The summed E-state index contributed by atoms with van der Waals surface area (Å²) in [4.78, 5) is 12.5. The minimum absolute atomic E-state index is 0.130. The number of rotatable bonds is 2. The summed E-state index contributed by atoms with van der Waals surface area (Å²) in [7, 11) is 0. The van der Waals surface area contributed by atoms with Gasteiger partial charge in [0.15, 0.2) is 0 Å². The first kappa shape index (κ1) is 10.8. The summed E-state index contributed by atoms with van der Waals surface area (Å²) in [6, 6.07) is -0.130. The van der Waals surface area contributed by atoms with Gasteiger partial charge in [0.1, 0.15) is 0 Å². The highest BCUT2D eigenvalue weighted by molar-refractivity contribution is 6.58. The largest absolute Gasteiger partial charge is 0.497 e. The maximum absolute atomic E-state index is 12.3. The summed E-state index contributed by atoms with van der Waals surface area (Å²) in [5.74, 6) is -0.115. The van der Waals surface area contributed by atoms with Crippen LogP contribution in [0.15, 0.2) is 0 Å². The number of likely N-dealkylation sites (tertiary alicyclic amines) is 1. The molecule has 0 aromatic heterocycles. The summed E-state index contributed by atoms with van der Waals surface area (Å²) in [6.45, 7) is -4.88. The van der Waals surface area contributed by atoms with Gasteiger partial charge in [-0.3, -0.25) is 4.79 Å². The lowest BCUT2D eigenvalue weighted by atomic mass is 9.83. The molecule has 0 N–H and O–H groups in total. The molecule has 0 aromatic carbocycles. The van der Waals surface area contributed by atoms with E-state index in [1.165, 1.54) is 0 Å². The van der Waals surface area contributed by atoms with Crippen molar-refractivity contribution in [2.24, 2.45) is 5.92 Å². The van der Waals surface area contributed by atoms with E-state index in [-0.39, 0.29) is 17.9 Å². The van der Waals surface area contributed by atoms with Crippen molar-refractivity contribution in [3.63, 3.8) is 0 Å². The summed E-state index contributed by atoms with van der Waals surface area (Å²) in [6.07, 6.45) is 3.01. The van der Waals surface area contributed by atoms with Gasteiger partial charge in [-0.25, -0.2) is 0 Å². The van der Waals surface area contributed by atoms with Crippen molar-refractivity contribution >= 4 is 12.9 Å². The first-order valence-corrected chi connectivity index (χ1v) is 5.48. The van der Waals surface area contributed by atoms with E-state index in [2.05, 4.69) is 0 Å². The molecule has 0 radical (unpaired) electrons. The lowest BCUT2D eigenvalue weighted by Gasteiger charge is -2.34. The molecule has 86 valence electrons. The second kappa shape index (κ2) is 3.72. The van der Waals surface area contributed by atoms with Crippen LogP contribution < -0.4 is 0 Å². The molecule has 2 atom stereocenters. The summed E-state index contributed by atoms with van der Waals surface area (Å²) in [5.41, 5.74) is 0. The predicted molar refractivity (Wildman–Crippen MR) is 51.2 cm³/mol. The molecular formula is C9H14BF3NO-. The average Bonchev–Trinajstić information content (AvgIpc) is 2.41. The highest BCUT2D eigenvalue weighted by Crippen LogP contribution is 2.37. The number of amides is 1. The molecule has 2 nitrogen and oxygen atoms in total. The maximum Gasteiger partial charge on any atom is 0.497 e. The zero-order valence-electron chi connectivity index (χ0n) is 8.46. The molecule has 1 saturated heterocycles. The van der Waals surface area contributed by atoms with Gasteiger partial charge >= 0.3 is 6.98 Å². The zero-order chi connectivity index (χ0) is 11.1. The van der Waals surface area contributed by atoms with Crippen molar-refractivity contribution in [1.29, 1.82) is 0 Å². The second-order valence-corrected chi connectivity index (χ2v) is 4.57. The molecule has 1 aliphatic heterocycles. The van der Waals surface area contributed by atoms with Crippen molar-refractivity contribution in [2.75, 3.05) is 6.44 Å². The predicted octanol–water partition coefficient (Wildman–Crippen LogP) is 2.16. The normalized spacial score (nSPS) is 31.9. The van der Waals surface area contributed by atoms with Crippen molar-refractivity contribution < 1.29 is 17.7 Å². The smallest absolute Gasteiger partial charge is 0.448 e. The fourth-order valence-corrected chi connectivity index (χ4v) is 2.82. The van der Waals surface area contributed by atoms with Gasteiger partial charge in [-0.1, -0.05) is 12.8 Å². The molecule has 2 aliphatic rings. The molecule has 2 rings (SSSR count). The summed E-state index contributed by atoms with van der Waals surface area (Å²) >= 11 is 0. The first-order valence-electron chi connectivity index (χ1n) is 5.48. The third-order valence-corrected chi connectivity index (χ3v) is 3.43. The Bertz CT molecular complexity index is 269. The van der Waals surface area contributed by atoms with Crippen LogP contribution in [0.4, 0.5) is 12.9 Å². The molecule has 2 fully saturated rings. The van der Waals surface area contributed by atoms with Gasteiger partial charge in [0.25, 0.3) is 0 Å². The highest BCUT2D eigenvalue weighted by atomic mass is 19.4. The average molecular weight is 220 g/mol. The Morgan fingerprint density at radius 2 is 1.93 bits per heavy atom. The number of halogens is 3. The van der Waals surface area contributed by atoms with E-state index in [0.29, 0.717) is 6.42 Å². The Labute approximate surface area is 86.9 Å². The number of carbonyl (C=O) groups is 1. The van der Waals surface area contributed by atoms with E-state index >= 15 is 0 Å².